The van der Waals surface area contributed by atoms with Crippen LogP contribution in [0.4, 0.5) is 11.6 Å². The molecule has 1 aliphatic carbocycles. The highest BCUT2D eigenvalue weighted by Crippen LogP contribution is 2.24. The predicted molar refractivity (Wildman–Crippen MR) is 151 cm³/mol. The molecule has 8 heteroatoms. The number of anilines is 2. The van der Waals surface area contributed by atoms with Gasteiger partial charge in [-0.3, -0.25) is 19.9 Å². The number of nitrogens with one attached hydrogen (secondary N) is 3. The van der Waals surface area contributed by atoms with Gasteiger partial charge >= 0.3 is 0 Å². The van der Waals surface area contributed by atoms with Gasteiger partial charge in [-0.25, -0.2) is 4.98 Å². The minimum atomic E-state index is -0.401. The van der Waals surface area contributed by atoms with E-state index in [9.17, 15) is 9.59 Å². The molecule has 2 amide bonds. The fourth-order valence-corrected chi connectivity index (χ4v) is 4.29. The number of hydrogen-bond acceptors (Lipinski definition) is 5. The molecule has 1 aliphatic rings. The van der Waals surface area contributed by atoms with Crippen molar-refractivity contribution in [1.82, 2.24) is 15.0 Å². The third kappa shape index (κ3) is 5.30. The summed E-state index contributed by atoms with van der Waals surface area (Å²) in [7, 11) is 0. The van der Waals surface area contributed by atoms with Crippen molar-refractivity contribution in [2.24, 2.45) is 0 Å². The summed E-state index contributed by atoms with van der Waals surface area (Å²) in [5.41, 5.74) is 1.32. The number of fused-ring (bicyclic) bond motifs is 2. The smallest absolute Gasteiger partial charge is 0.276 e. The Morgan fingerprint density at radius 2 is 1.62 bits per heavy atom. The van der Waals surface area contributed by atoms with Crippen molar-refractivity contribution in [2.75, 3.05) is 10.6 Å². The lowest BCUT2D eigenvalue weighted by Gasteiger charge is -2.10. The van der Waals surface area contributed by atoms with Crippen molar-refractivity contribution in [3.63, 3.8) is 0 Å². The summed E-state index contributed by atoms with van der Waals surface area (Å²) in [6.07, 6.45) is 7.59. The molecule has 0 fully saturated rings. The van der Waals surface area contributed by atoms with Crippen LogP contribution in [0.2, 0.25) is 0 Å². The number of benzene rings is 3. The van der Waals surface area contributed by atoms with E-state index in [4.69, 9.17) is 4.74 Å². The minimum Gasteiger partial charge on any atom is -0.457 e. The third-order valence-electron chi connectivity index (χ3n) is 6.18. The van der Waals surface area contributed by atoms with Crippen molar-refractivity contribution in [2.45, 2.75) is 6.42 Å². The van der Waals surface area contributed by atoms with Crippen LogP contribution >= 0.6 is 0 Å². The van der Waals surface area contributed by atoms with E-state index in [0.29, 0.717) is 39.9 Å². The first-order chi connectivity index (χ1) is 19.1. The van der Waals surface area contributed by atoms with Crippen molar-refractivity contribution in [1.29, 1.82) is 0 Å². The Hall–Kier alpha value is -5.50. The molecule has 6 rings (SSSR count). The zero-order valence-electron chi connectivity index (χ0n) is 20.7. The van der Waals surface area contributed by atoms with Crippen LogP contribution in [-0.4, -0.2) is 26.8 Å². The molecule has 2 heterocycles. The number of aromatic amines is 1. The monoisotopic (exact) mass is 513 g/mol. The van der Waals surface area contributed by atoms with Gasteiger partial charge in [0.15, 0.2) is 0 Å². The summed E-state index contributed by atoms with van der Waals surface area (Å²) in [5.74, 6) is 0.838. The molecule has 8 nitrogen and oxygen atoms in total. The topological polar surface area (TPSA) is 109 Å². The number of allylic oxidation sites excluding steroid dienone is 2. The lowest BCUT2D eigenvalue weighted by molar-refractivity contribution is -0.111. The van der Waals surface area contributed by atoms with Crippen LogP contribution in [0.1, 0.15) is 16.9 Å². The lowest BCUT2D eigenvalue weighted by atomic mass is 10.1. The zero-order chi connectivity index (χ0) is 26.6. The maximum atomic E-state index is 13.3. The predicted octanol–water partition coefficient (Wildman–Crippen LogP) is 4.53. The molecule has 0 saturated carbocycles. The molecule has 190 valence electrons. The molecule has 0 saturated heterocycles. The van der Waals surface area contributed by atoms with Crippen molar-refractivity contribution >= 4 is 45.9 Å². The maximum Gasteiger partial charge on any atom is 0.276 e. The second-order valence-electron chi connectivity index (χ2n) is 8.89. The van der Waals surface area contributed by atoms with Gasteiger partial charge in [0.05, 0.1) is 10.7 Å². The number of pyridine rings is 1. The van der Waals surface area contributed by atoms with Crippen LogP contribution in [0.15, 0.2) is 103 Å². The highest BCUT2D eigenvalue weighted by molar-refractivity contribution is 6.20. The first-order valence-corrected chi connectivity index (χ1v) is 12.4. The van der Waals surface area contributed by atoms with Crippen molar-refractivity contribution in [3.8, 4) is 11.5 Å². The Kier molecular flexibility index (Phi) is 6.41. The molecule has 0 aliphatic heterocycles. The van der Waals surface area contributed by atoms with E-state index in [2.05, 4.69) is 25.6 Å². The van der Waals surface area contributed by atoms with Gasteiger partial charge in [0, 0.05) is 28.9 Å². The van der Waals surface area contributed by atoms with E-state index in [1.807, 2.05) is 85.0 Å². The number of carbonyl (C=O) groups excluding carboxylic acids is 2. The first kappa shape index (κ1) is 23.9. The normalized spacial score (nSPS) is 12.3. The number of para-hydroxylation sites is 1. The zero-order valence-corrected chi connectivity index (χ0v) is 20.7. The fraction of sp³-hybridized carbons (Fsp3) is 0.0323. The van der Waals surface area contributed by atoms with Crippen LogP contribution < -0.4 is 26.1 Å². The van der Waals surface area contributed by atoms with Gasteiger partial charge in [-0.2, -0.15) is 0 Å². The fourth-order valence-electron chi connectivity index (χ4n) is 4.29. The summed E-state index contributed by atoms with van der Waals surface area (Å²) in [6.45, 7) is 0. The van der Waals surface area contributed by atoms with Gasteiger partial charge in [-0.1, -0.05) is 60.7 Å². The average Bonchev–Trinajstić information content (AvgIpc) is 3.24. The summed E-state index contributed by atoms with van der Waals surface area (Å²) in [5, 5.41) is 8.66. The largest absolute Gasteiger partial charge is 0.457 e. The van der Waals surface area contributed by atoms with E-state index < -0.39 is 5.91 Å². The number of nitrogens with zero attached hydrogens (tertiary/aromatic N) is 2. The number of H-pyrrole nitrogens is 1. The van der Waals surface area contributed by atoms with Crippen LogP contribution in [0.25, 0.3) is 22.4 Å². The summed E-state index contributed by atoms with van der Waals surface area (Å²) in [4.78, 5) is 38.2. The molecule has 2 aromatic heterocycles. The van der Waals surface area contributed by atoms with E-state index in [1.165, 1.54) is 0 Å². The third-order valence-corrected chi connectivity index (χ3v) is 6.18. The molecular formula is C31H23N5O3. The standard InChI is InChI=1S/C31H23N5O3/c37-29(33-22-11-8-14-24(18-22)39-23-12-2-1-3-13-23)25-15-6-7-16-26-28(25)35-31(34-26)36-30(38)27-17-20-9-4-5-10-21(20)19-32-27/h1-14,16-19H,15H2,(H,33,37)(H2,34,35,36,38). The van der Waals surface area contributed by atoms with Gasteiger partial charge in [-0.05, 0) is 48.2 Å². The van der Waals surface area contributed by atoms with E-state index >= 15 is 0 Å². The lowest BCUT2D eigenvalue weighted by Crippen LogP contribution is -2.31. The van der Waals surface area contributed by atoms with Crippen molar-refractivity contribution < 1.29 is 14.3 Å². The number of rotatable bonds is 6. The Morgan fingerprint density at radius 3 is 2.49 bits per heavy atom. The van der Waals surface area contributed by atoms with Crippen LogP contribution in [0, 0.1) is 0 Å². The van der Waals surface area contributed by atoms with E-state index in [0.717, 1.165) is 10.8 Å². The second-order valence-corrected chi connectivity index (χ2v) is 8.89. The number of imidazole rings is 1. The van der Waals surface area contributed by atoms with Crippen molar-refractivity contribution in [3.05, 3.63) is 120 Å². The van der Waals surface area contributed by atoms with Gasteiger partial charge in [0.25, 0.3) is 11.8 Å². The van der Waals surface area contributed by atoms with Crippen LogP contribution in [-0.2, 0) is 4.79 Å². The SMILES string of the molecule is O=C(Nc1cccc(Oc2ccccc2)c1)C1=c2nc(NC(=O)c3cc4ccccc4cn3)[nH]c2=CC=CC1. The summed E-state index contributed by atoms with van der Waals surface area (Å²) in [6, 6.07) is 26.0. The summed E-state index contributed by atoms with van der Waals surface area (Å²) >= 11 is 0. The number of aromatic nitrogens is 3. The molecular weight excluding hydrogens is 490 g/mol. The molecule has 5 aromatic rings. The Bertz CT molecular complexity index is 1860. The molecule has 3 aromatic carbocycles. The summed E-state index contributed by atoms with van der Waals surface area (Å²) < 4.78 is 5.89. The highest BCUT2D eigenvalue weighted by Gasteiger charge is 2.16. The molecule has 0 bridgehead atoms. The second kappa shape index (κ2) is 10.5. The van der Waals surface area contributed by atoms with Gasteiger partial charge in [0.1, 0.15) is 17.2 Å². The molecule has 39 heavy (non-hydrogen) atoms. The molecule has 3 N–H and O–H groups in total. The van der Waals surface area contributed by atoms with Crippen LogP contribution in [0.3, 0.4) is 0 Å². The van der Waals surface area contributed by atoms with Gasteiger partial charge < -0.3 is 15.0 Å². The average molecular weight is 514 g/mol. The van der Waals surface area contributed by atoms with E-state index in [-0.39, 0.29) is 17.5 Å². The van der Waals surface area contributed by atoms with E-state index in [1.54, 1.807) is 24.4 Å². The first-order valence-electron chi connectivity index (χ1n) is 12.4. The molecule has 0 unspecified atom stereocenters. The number of hydrogen-bond donors (Lipinski definition) is 3. The molecule has 0 atom stereocenters. The Morgan fingerprint density at radius 1 is 0.821 bits per heavy atom. The maximum absolute atomic E-state index is 13.3. The molecule has 0 spiro atoms. The number of carbonyl (C=O) groups is 2. The van der Waals surface area contributed by atoms with Gasteiger partial charge in [0.2, 0.25) is 5.95 Å². The van der Waals surface area contributed by atoms with Gasteiger partial charge in [-0.15, -0.1) is 0 Å². The number of ether oxygens (including phenoxy) is 1. The quantitative estimate of drug-likeness (QED) is 0.309. The molecule has 0 radical (unpaired) electrons. The Balaban J connectivity index is 1.24. The highest BCUT2D eigenvalue weighted by atomic mass is 16.5. The number of amides is 2. The Labute approximate surface area is 223 Å². The van der Waals surface area contributed by atoms with Crippen LogP contribution in [0.5, 0.6) is 11.5 Å². The minimum absolute atomic E-state index is 0.232.